The van der Waals surface area contributed by atoms with Gasteiger partial charge in [-0.2, -0.15) is 0 Å². The molecule has 6 rings (SSSR count). The second kappa shape index (κ2) is 11.3. The summed E-state index contributed by atoms with van der Waals surface area (Å²) in [5.41, 5.74) is 8.83. The van der Waals surface area contributed by atoms with E-state index in [0.717, 1.165) is 5.56 Å². The zero-order chi connectivity index (χ0) is 29.3. The first kappa shape index (κ1) is 28.0. The summed E-state index contributed by atoms with van der Waals surface area (Å²) in [5.74, 6) is 0.715. The van der Waals surface area contributed by atoms with Gasteiger partial charge in [-0.25, -0.2) is 0 Å². The topological polar surface area (TPSA) is 85.0 Å². The molecule has 6 heteroatoms. The highest BCUT2D eigenvalue weighted by atomic mass is 16.5. The normalized spacial score (nSPS) is 23.6. The van der Waals surface area contributed by atoms with E-state index in [9.17, 15) is 9.90 Å². The van der Waals surface area contributed by atoms with Crippen LogP contribution >= 0.6 is 0 Å². The number of likely N-dealkylation sites (tertiary alicyclic amines) is 1. The van der Waals surface area contributed by atoms with Crippen molar-refractivity contribution in [3.8, 4) is 11.5 Å². The van der Waals surface area contributed by atoms with Crippen molar-refractivity contribution < 1.29 is 19.4 Å². The quantitative estimate of drug-likeness (QED) is 0.313. The molecule has 0 radical (unpaired) electrons. The molecule has 2 fully saturated rings. The van der Waals surface area contributed by atoms with Crippen LogP contribution in [0.2, 0.25) is 0 Å². The van der Waals surface area contributed by atoms with Crippen LogP contribution in [0.4, 0.5) is 0 Å². The van der Waals surface area contributed by atoms with Crippen molar-refractivity contribution in [2.24, 2.45) is 17.6 Å². The number of nitrogens with two attached hydrogens (primary N) is 1. The molecule has 1 heterocycles. The summed E-state index contributed by atoms with van der Waals surface area (Å²) in [7, 11) is 3.22. The SMILES string of the molecule is COc1ccccc1[C@H](N)C(=O)N1C[C@@H]2[C@H](C1)C(c1ccccc1)(c1ccccc1)CC[C@@]2(O)c1ccccc1OC. The Kier molecular flexibility index (Phi) is 7.52. The highest BCUT2D eigenvalue weighted by molar-refractivity contribution is 5.84. The summed E-state index contributed by atoms with van der Waals surface area (Å²) in [6.07, 6.45) is 1.22. The average Bonchev–Trinajstić information content (AvgIpc) is 3.52. The molecule has 42 heavy (non-hydrogen) atoms. The Hall–Kier alpha value is -4.13. The monoisotopic (exact) mass is 562 g/mol. The van der Waals surface area contributed by atoms with Gasteiger partial charge in [0.25, 0.3) is 0 Å². The van der Waals surface area contributed by atoms with Crippen LogP contribution < -0.4 is 15.2 Å². The molecule has 1 aliphatic heterocycles. The summed E-state index contributed by atoms with van der Waals surface area (Å²) >= 11 is 0. The van der Waals surface area contributed by atoms with Gasteiger partial charge in [0.05, 0.1) is 19.8 Å². The number of hydrogen-bond acceptors (Lipinski definition) is 5. The predicted molar refractivity (Wildman–Crippen MR) is 163 cm³/mol. The number of aliphatic hydroxyl groups is 1. The zero-order valence-corrected chi connectivity index (χ0v) is 24.1. The van der Waals surface area contributed by atoms with Crippen LogP contribution in [0, 0.1) is 11.8 Å². The van der Waals surface area contributed by atoms with E-state index in [1.54, 1.807) is 14.2 Å². The zero-order valence-electron chi connectivity index (χ0n) is 24.1. The molecule has 1 aliphatic carbocycles. The van der Waals surface area contributed by atoms with E-state index in [-0.39, 0.29) is 17.7 Å². The fraction of sp³-hybridized carbons (Fsp3) is 0.306. The van der Waals surface area contributed by atoms with Crippen LogP contribution in [-0.2, 0) is 15.8 Å². The lowest BCUT2D eigenvalue weighted by molar-refractivity contribution is -0.132. The number of carbonyl (C=O) groups excluding carboxylic acids is 1. The van der Waals surface area contributed by atoms with Crippen LogP contribution in [0.15, 0.2) is 109 Å². The van der Waals surface area contributed by atoms with E-state index in [0.29, 0.717) is 43.0 Å². The van der Waals surface area contributed by atoms with Gasteiger partial charge in [0.2, 0.25) is 5.91 Å². The molecular formula is C36H38N2O4. The van der Waals surface area contributed by atoms with E-state index >= 15 is 0 Å². The maximum Gasteiger partial charge on any atom is 0.244 e. The molecule has 4 aromatic rings. The van der Waals surface area contributed by atoms with Crippen LogP contribution in [0.25, 0.3) is 0 Å². The molecule has 0 aromatic heterocycles. The van der Waals surface area contributed by atoms with Crippen LogP contribution in [-0.4, -0.2) is 43.2 Å². The van der Waals surface area contributed by atoms with Crippen LogP contribution in [0.1, 0.15) is 41.1 Å². The fourth-order valence-electron chi connectivity index (χ4n) is 7.67. The number of hydrogen-bond donors (Lipinski definition) is 2. The van der Waals surface area contributed by atoms with Gasteiger partial charge in [-0.1, -0.05) is 97.1 Å². The molecule has 4 aromatic carbocycles. The highest BCUT2D eigenvalue weighted by Crippen LogP contribution is 2.60. The number of nitrogens with zero attached hydrogens (tertiary/aromatic N) is 1. The van der Waals surface area contributed by atoms with Gasteiger partial charge in [-0.15, -0.1) is 0 Å². The van der Waals surface area contributed by atoms with Crippen molar-refractivity contribution in [3.05, 3.63) is 131 Å². The average molecular weight is 563 g/mol. The summed E-state index contributed by atoms with van der Waals surface area (Å²) in [6.45, 7) is 0.843. The van der Waals surface area contributed by atoms with E-state index < -0.39 is 17.1 Å². The summed E-state index contributed by atoms with van der Waals surface area (Å²) in [5, 5.41) is 12.7. The second-order valence-electron chi connectivity index (χ2n) is 11.5. The standard InChI is InChI=1S/C36H38N2O4/c1-41-31-19-11-9-17-27(31)33(37)34(39)38-23-29-30(24-38)36(40,28-18-10-12-20-32(28)42-2)22-21-35(29,25-13-5-3-6-14-25)26-15-7-4-8-16-26/h3-20,29-30,33,40H,21-24,37H2,1-2H3/t29-,30+,33-,36+/m0/s1. The number of amides is 1. The number of benzene rings is 4. The van der Waals surface area contributed by atoms with Gasteiger partial charge in [0.15, 0.2) is 0 Å². The first-order chi connectivity index (χ1) is 20.4. The maximum atomic E-state index is 14.2. The van der Waals surface area contributed by atoms with Crippen molar-refractivity contribution in [2.45, 2.75) is 29.9 Å². The molecule has 2 aliphatic rings. The molecular weight excluding hydrogens is 524 g/mol. The van der Waals surface area contributed by atoms with Gasteiger partial charge >= 0.3 is 0 Å². The smallest absolute Gasteiger partial charge is 0.244 e. The lowest BCUT2D eigenvalue weighted by atomic mass is 9.52. The Bertz CT molecular complexity index is 1500. The van der Waals surface area contributed by atoms with Gasteiger partial charge in [0, 0.05) is 35.5 Å². The number of methoxy groups -OCH3 is 2. The minimum Gasteiger partial charge on any atom is -0.496 e. The maximum absolute atomic E-state index is 14.2. The summed E-state index contributed by atoms with van der Waals surface area (Å²) in [4.78, 5) is 16.0. The van der Waals surface area contributed by atoms with Gasteiger partial charge < -0.3 is 25.2 Å². The van der Waals surface area contributed by atoms with Crippen molar-refractivity contribution in [3.63, 3.8) is 0 Å². The fourth-order valence-corrected chi connectivity index (χ4v) is 7.67. The van der Waals surface area contributed by atoms with Crippen LogP contribution in [0.3, 0.4) is 0 Å². The Morgan fingerprint density at radius 1 is 0.762 bits per heavy atom. The molecule has 0 unspecified atom stereocenters. The minimum absolute atomic E-state index is 0.0835. The lowest BCUT2D eigenvalue weighted by Gasteiger charge is -2.53. The van der Waals surface area contributed by atoms with E-state index in [1.807, 2.05) is 65.6 Å². The lowest BCUT2D eigenvalue weighted by Crippen LogP contribution is -2.53. The van der Waals surface area contributed by atoms with Crippen molar-refractivity contribution in [2.75, 3.05) is 27.3 Å². The number of rotatable bonds is 7. The first-order valence-corrected chi connectivity index (χ1v) is 14.6. The highest BCUT2D eigenvalue weighted by Gasteiger charge is 2.61. The Balaban J connectivity index is 1.49. The molecule has 216 valence electrons. The summed E-state index contributed by atoms with van der Waals surface area (Å²) < 4.78 is 11.3. The third-order valence-electron chi connectivity index (χ3n) is 9.67. The molecule has 6 nitrogen and oxygen atoms in total. The number of ether oxygens (including phenoxy) is 2. The molecule has 1 saturated carbocycles. The van der Waals surface area contributed by atoms with Crippen molar-refractivity contribution in [1.29, 1.82) is 0 Å². The molecule has 3 N–H and O–H groups in total. The number of fused-ring (bicyclic) bond motifs is 1. The van der Waals surface area contributed by atoms with Gasteiger partial charge in [-0.3, -0.25) is 4.79 Å². The largest absolute Gasteiger partial charge is 0.496 e. The number of para-hydroxylation sites is 2. The molecule has 1 amide bonds. The van der Waals surface area contributed by atoms with E-state index in [4.69, 9.17) is 15.2 Å². The molecule has 4 atom stereocenters. The second-order valence-corrected chi connectivity index (χ2v) is 11.5. The van der Waals surface area contributed by atoms with Crippen molar-refractivity contribution >= 4 is 5.91 Å². The van der Waals surface area contributed by atoms with Gasteiger partial charge in [-0.05, 0) is 42.0 Å². The molecule has 0 bridgehead atoms. The van der Waals surface area contributed by atoms with E-state index in [2.05, 4.69) is 48.5 Å². The van der Waals surface area contributed by atoms with Gasteiger partial charge in [0.1, 0.15) is 17.5 Å². The third-order valence-corrected chi connectivity index (χ3v) is 9.67. The first-order valence-electron chi connectivity index (χ1n) is 14.6. The van der Waals surface area contributed by atoms with Crippen molar-refractivity contribution in [1.82, 2.24) is 4.90 Å². The Morgan fingerprint density at radius 3 is 1.90 bits per heavy atom. The summed E-state index contributed by atoms with van der Waals surface area (Å²) in [6, 6.07) is 35.3. The number of carbonyl (C=O) groups is 1. The van der Waals surface area contributed by atoms with Crippen LogP contribution in [0.5, 0.6) is 11.5 Å². The third kappa shape index (κ3) is 4.46. The molecule has 1 saturated heterocycles. The van der Waals surface area contributed by atoms with E-state index in [1.165, 1.54) is 11.1 Å². The molecule has 0 spiro atoms. The Morgan fingerprint density at radius 2 is 1.29 bits per heavy atom. The Labute approximate surface area is 247 Å². The minimum atomic E-state index is -1.20. The predicted octanol–water partition coefficient (Wildman–Crippen LogP) is 5.45.